The molecule has 27 heavy (non-hydrogen) atoms. The number of hydrogen-bond donors (Lipinski definition) is 1. The second kappa shape index (κ2) is 9.21. The number of nitrogens with zero attached hydrogens (tertiary/aromatic N) is 4. The van der Waals surface area contributed by atoms with Gasteiger partial charge in [0.1, 0.15) is 6.04 Å². The number of carbonyl (C=O) groups excluding carboxylic acids is 2. The Hall–Kier alpha value is -2.09. The van der Waals surface area contributed by atoms with Gasteiger partial charge in [-0.25, -0.2) is 4.79 Å². The van der Waals surface area contributed by atoms with Crippen molar-refractivity contribution >= 4 is 12.0 Å². The molecular formula is C19H31N5O3. The summed E-state index contributed by atoms with van der Waals surface area (Å²) in [5.41, 5.74) is 2.08. The molecule has 0 aliphatic carbocycles. The van der Waals surface area contributed by atoms with Crippen molar-refractivity contribution in [3.05, 3.63) is 17.5 Å². The van der Waals surface area contributed by atoms with Gasteiger partial charge < -0.3 is 10.1 Å². The summed E-state index contributed by atoms with van der Waals surface area (Å²) >= 11 is 0. The average molecular weight is 377 g/mol. The number of piperidine rings is 1. The first kappa shape index (κ1) is 19.7. The average Bonchev–Trinajstić information content (AvgIpc) is 3.12. The van der Waals surface area contributed by atoms with Crippen molar-refractivity contribution in [1.29, 1.82) is 0 Å². The molecule has 0 bridgehead atoms. The summed E-state index contributed by atoms with van der Waals surface area (Å²) in [6, 6.07) is 1.63. The smallest absolute Gasteiger partial charge is 0.410 e. The molecule has 1 saturated heterocycles. The van der Waals surface area contributed by atoms with Gasteiger partial charge in [0.2, 0.25) is 5.91 Å². The Labute approximate surface area is 160 Å². The second-order valence-electron chi connectivity index (χ2n) is 7.37. The van der Waals surface area contributed by atoms with E-state index in [1.54, 1.807) is 0 Å². The number of amides is 2. The lowest BCUT2D eigenvalue weighted by Gasteiger charge is -2.33. The first-order valence-corrected chi connectivity index (χ1v) is 10.0. The SMILES string of the molecule is CCCCN1CCn2nc(CNC(=O)[C@@H]3CCCCN3C(=O)OC)cc2C1. The van der Waals surface area contributed by atoms with E-state index in [9.17, 15) is 9.59 Å². The maximum absolute atomic E-state index is 12.6. The molecule has 3 heterocycles. The summed E-state index contributed by atoms with van der Waals surface area (Å²) in [6.07, 6.45) is 4.51. The predicted molar refractivity (Wildman–Crippen MR) is 101 cm³/mol. The Kier molecular flexibility index (Phi) is 6.71. The molecule has 0 aromatic carbocycles. The van der Waals surface area contributed by atoms with Crippen LogP contribution < -0.4 is 5.32 Å². The Morgan fingerprint density at radius 1 is 1.30 bits per heavy atom. The van der Waals surface area contributed by atoms with E-state index in [0.29, 0.717) is 19.5 Å². The van der Waals surface area contributed by atoms with Crippen LogP contribution in [0, 0.1) is 0 Å². The summed E-state index contributed by atoms with van der Waals surface area (Å²) in [5.74, 6) is -0.129. The summed E-state index contributed by atoms with van der Waals surface area (Å²) < 4.78 is 6.86. The zero-order chi connectivity index (χ0) is 19.2. The number of carbonyl (C=O) groups is 2. The molecule has 0 radical (unpaired) electrons. The minimum Gasteiger partial charge on any atom is -0.453 e. The third-order valence-corrected chi connectivity index (χ3v) is 5.41. The Morgan fingerprint density at radius 2 is 2.15 bits per heavy atom. The highest BCUT2D eigenvalue weighted by Gasteiger charge is 2.32. The van der Waals surface area contributed by atoms with E-state index in [1.165, 1.54) is 30.5 Å². The first-order valence-electron chi connectivity index (χ1n) is 10.0. The monoisotopic (exact) mass is 377 g/mol. The van der Waals surface area contributed by atoms with Crippen LogP contribution in [-0.4, -0.2) is 64.4 Å². The fourth-order valence-corrected chi connectivity index (χ4v) is 3.87. The van der Waals surface area contributed by atoms with Crippen LogP contribution in [0.25, 0.3) is 0 Å². The third-order valence-electron chi connectivity index (χ3n) is 5.41. The maximum Gasteiger partial charge on any atom is 0.410 e. The highest BCUT2D eigenvalue weighted by molar-refractivity contribution is 5.85. The van der Waals surface area contributed by atoms with Crippen molar-refractivity contribution in [3.63, 3.8) is 0 Å². The van der Waals surface area contributed by atoms with Crippen LogP contribution in [0.4, 0.5) is 4.79 Å². The fourth-order valence-electron chi connectivity index (χ4n) is 3.87. The summed E-state index contributed by atoms with van der Waals surface area (Å²) in [7, 11) is 1.35. The van der Waals surface area contributed by atoms with Crippen molar-refractivity contribution in [2.24, 2.45) is 0 Å². The molecule has 1 fully saturated rings. The zero-order valence-electron chi connectivity index (χ0n) is 16.4. The van der Waals surface area contributed by atoms with Crippen LogP contribution in [0.1, 0.15) is 50.4 Å². The second-order valence-corrected chi connectivity index (χ2v) is 7.37. The van der Waals surface area contributed by atoms with Crippen LogP contribution in [0.5, 0.6) is 0 Å². The quantitative estimate of drug-likeness (QED) is 0.817. The lowest BCUT2D eigenvalue weighted by molar-refractivity contribution is -0.127. The van der Waals surface area contributed by atoms with E-state index in [0.717, 1.165) is 44.7 Å². The summed E-state index contributed by atoms with van der Waals surface area (Å²) in [6.45, 7) is 7.12. The van der Waals surface area contributed by atoms with E-state index < -0.39 is 12.1 Å². The predicted octanol–water partition coefficient (Wildman–Crippen LogP) is 1.74. The molecule has 1 aromatic heterocycles. The Bertz CT molecular complexity index is 660. The van der Waals surface area contributed by atoms with Gasteiger partial charge in [0.15, 0.2) is 0 Å². The van der Waals surface area contributed by atoms with Crippen LogP contribution in [0.15, 0.2) is 6.07 Å². The van der Waals surface area contributed by atoms with Crippen molar-refractivity contribution < 1.29 is 14.3 Å². The topological polar surface area (TPSA) is 79.7 Å². The van der Waals surface area contributed by atoms with Crippen molar-refractivity contribution in [1.82, 2.24) is 24.9 Å². The molecule has 150 valence electrons. The minimum absolute atomic E-state index is 0.129. The number of unbranched alkanes of at least 4 members (excludes halogenated alkanes) is 1. The molecule has 0 unspecified atom stereocenters. The largest absolute Gasteiger partial charge is 0.453 e. The molecule has 8 heteroatoms. The third kappa shape index (κ3) is 4.80. The van der Waals surface area contributed by atoms with E-state index in [4.69, 9.17) is 4.74 Å². The molecule has 8 nitrogen and oxygen atoms in total. The lowest BCUT2D eigenvalue weighted by atomic mass is 10.0. The minimum atomic E-state index is -0.451. The van der Waals surface area contributed by atoms with Gasteiger partial charge in [0.25, 0.3) is 0 Å². The van der Waals surface area contributed by atoms with Gasteiger partial charge >= 0.3 is 6.09 Å². The van der Waals surface area contributed by atoms with E-state index in [1.807, 2.05) is 4.68 Å². The highest BCUT2D eigenvalue weighted by atomic mass is 16.5. The summed E-state index contributed by atoms with van der Waals surface area (Å²) in [5, 5.41) is 7.58. The van der Waals surface area contributed by atoms with Crippen LogP contribution >= 0.6 is 0 Å². The van der Waals surface area contributed by atoms with E-state index in [2.05, 4.69) is 28.3 Å². The molecule has 0 spiro atoms. The van der Waals surface area contributed by atoms with Gasteiger partial charge in [-0.3, -0.25) is 19.3 Å². The normalized spacial score (nSPS) is 20.2. The number of fused-ring (bicyclic) bond motifs is 1. The number of methoxy groups -OCH3 is 1. The maximum atomic E-state index is 12.6. The lowest BCUT2D eigenvalue weighted by Crippen LogP contribution is -2.51. The van der Waals surface area contributed by atoms with Crippen molar-refractivity contribution in [3.8, 4) is 0 Å². The van der Waals surface area contributed by atoms with Gasteiger partial charge in [-0.15, -0.1) is 0 Å². The molecule has 3 rings (SSSR count). The highest BCUT2D eigenvalue weighted by Crippen LogP contribution is 2.19. The number of hydrogen-bond acceptors (Lipinski definition) is 5. The number of rotatable bonds is 6. The Morgan fingerprint density at radius 3 is 2.93 bits per heavy atom. The van der Waals surface area contributed by atoms with E-state index >= 15 is 0 Å². The summed E-state index contributed by atoms with van der Waals surface area (Å²) in [4.78, 5) is 28.5. The molecule has 2 aliphatic rings. The van der Waals surface area contributed by atoms with Gasteiger partial charge in [0, 0.05) is 19.6 Å². The number of nitrogens with one attached hydrogen (secondary N) is 1. The van der Waals surface area contributed by atoms with Crippen molar-refractivity contribution in [2.75, 3.05) is 26.7 Å². The molecular weight excluding hydrogens is 346 g/mol. The Balaban J connectivity index is 1.55. The van der Waals surface area contributed by atoms with Gasteiger partial charge in [0.05, 0.1) is 31.6 Å². The molecule has 2 aliphatic heterocycles. The van der Waals surface area contributed by atoms with Crippen LogP contribution in [-0.2, 0) is 29.2 Å². The standard InChI is InChI=1S/C19H31N5O3/c1-3-4-8-22-10-11-24-16(14-22)12-15(21-24)13-20-18(25)17-7-5-6-9-23(17)19(26)27-2/h12,17H,3-11,13-14H2,1-2H3,(H,20,25)/t17-/m0/s1. The fraction of sp³-hybridized carbons (Fsp3) is 0.737. The van der Waals surface area contributed by atoms with Gasteiger partial charge in [-0.2, -0.15) is 5.10 Å². The first-order chi connectivity index (χ1) is 13.1. The van der Waals surface area contributed by atoms with E-state index in [-0.39, 0.29) is 5.91 Å². The van der Waals surface area contributed by atoms with Crippen molar-refractivity contribution in [2.45, 2.75) is 64.7 Å². The van der Waals surface area contributed by atoms with Crippen LogP contribution in [0.3, 0.4) is 0 Å². The van der Waals surface area contributed by atoms with Crippen LogP contribution in [0.2, 0.25) is 0 Å². The van der Waals surface area contributed by atoms with Gasteiger partial charge in [-0.05, 0) is 38.3 Å². The molecule has 0 saturated carbocycles. The molecule has 1 atom stereocenters. The van der Waals surface area contributed by atoms with Gasteiger partial charge in [-0.1, -0.05) is 13.3 Å². The number of ether oxygens (including phenoxy) is 1. The number of aromatic nitrogens is 2. The molecule has 1 N–H and O–H groups in total. The molecule has 1 aromatic rings. The molecule has 2 amide bonds. The number of likely N-dealkylation sites (tertiary alicyclic amines) is 1. The zero-order valence-corrected chi connectivity index (χ0v) is 16.4.